The van der Waals surface area contributed by atoms with Crippen molar-refractivity contribution >= 4 is 23.4 Å². The second-order valence-electron chi connectivity index (χ2n) is 6.51. The van der Waals surface area contributed by atoms with E-state index in [0.717, 1.165) is 23.2 Å². The maximum Gasteiger partial charge on any atom is 0.231 e. The first kappa shape index (κ1) is 16.5. The Morgan fingerprint density at radius 2 is 1.79 bits per heavy atom. The molecule has 1 fully saturated rings. The van der Waals surface area contributed by atoms with E-state index in [1.165, 1.54) is 0 Å². The van der Waals surface area contributed by atoms with Crippen LogP contribution in [0.4, 0.5) is 5.69 Å². The average Bonchev–Trinajstić information content (AvgIpc) is 2.73. The monoisotopic (exact) mass is 329 g/mol. The highest BCUT2D eigenvalue weighted by Gasteiger charge is 2.25. The summed E-state index contributed by atoms with van der Waals surface area (Å²) in [5.41, 5.74) is 2.86. The molecule has 1 aromatic carbocycles. The number of benzene rings is 1. The molecule has 128 valence electrons. The predicted molar refractivity (Wildman–Crippen MR) is 90.7 cm³/mol. The van der Waals surface area contributed by atoms with Gasteiger partial charge in [0.05, 0.1) is 12.8 Å². The molecular weight excluding hydrogens is 306 g/mol. The zero-order chi connectivity index (χ0) is 17.3. The fraction of sp³-hybridized carbons (Fsp3) is 0.500. The van der Waals surface area contributed by atoms with E-state index in [1.54, 1.807) is 23.8 Å². The molecule has 2 heterocycles. The molecule has 0 unspecified atom stereocenters. The number of nitrogens with zero attached hydrogens (tertiary/aromatic N) is 3. The minimum atomic E-state index is 0.0664. The first-order chi connectivity index (χ1) is 11.5. The van der Waals surface area contributed by atoms with Crippen LogP contribution in [0.25, 0.3) is 0 Å². The average molecular weight is 329 g/mol. The molecule has 3 amide bonds. The van der Waals surface area contributed by atoms with Crippen LogP contribution < -0.4 is 4.90 Å². The summed E-state index contributed by atoms with van der Waals surface area (Å²) in [7, 11) is 1.77. The zero-order valence-corrected chi connectivity index (χ0v) is 14.2. The van der Waals surface area contributed by atoms with E-state index in [1.807, 2.05) is 23.1 Å². The normalized spacial score (nSPS) is 17.8. The molecule has 0 bridgehead atoms. The molecule has 6 nitrogen and oxygen atoms in total. The van der Waals surface area contributed by atoms with E-state index >= 15 is 0 Å². The molecule has 0 aromatic heterocycles. The molecule has 1 aromatic rings. The van der Waals surface area contributed by atoms with Crippen LogP contribution >= 0.6 is 0 Å². The van der Waals surface area contributed by atoms with Gasteiger partial charge < -0.3 is 14.7 Å². The van der Waals surface area contributed by atoms with Crippen LogP contribution in [-0.2, 0) is 27.2 Å². The van der Waals surface area contributed by atoms with E-state index in [2.05, 4.69) is 0 Å². The molecule has 0 radical (unpaired) electrons. The van der Waals surface area contributed by atoms with Gasteiger partial charge in [-0.1, -0.05) is 12.1 Å². The van der Waals surface area contributed by atoms with Crippen LogP contribution in [0, 0.1) is 0 Å². The molecule has 0 saturated carbocycles. The first-order valence-corrected chi connectivity index (χ1v) is 8.37. The van der Waals surface area contributed by atoms with Gasteiger partial charge in [-0.3, -0.25) is 14.4 Å². The standard InChI is InChI=1S/C18H23N3O3/c1-13(22)20-6-3-7-21(9-8-20)18(24)11-14-4-5-16-15(10-14)12-17(23)19(16)2/h4-5,10H,3,6-9,11-12H2,1-2H3. The lowest BCUT2D eigenvalue weighted by Crippen LogP contribution is -2.37. The van der Waals surface area contributed by atoms with E-state index < -0.39 is 0 Å². The largest absolute Gasteiger partial charge is 0.341 e. The summed E-state index contributed by atoms with van der Waals surface area (Å²) in [5.74, 6) is 0.236. The maximum atomic E-state index is 12.6. The Morgan fingerprint density at radius 3 is 2.54 bits per heavy atom. The Kier molecular flexibility index (Phi) is 4.55. The number of fused-ring (bicyclic) bond motifs is 1. The van der Waals surface area contributed by atoms with Gasteiger partial charge in [0.25, 0.3) is 0 Å². The van der Waals surface area contributed by atoms with Gasteiger partial charge in [0.2, 0.25) is 17.7 Å². The van der Waals surface area contributed by atoms with Crippen molar-refractivity contribution in [3.8, 4) is 0 Å². The van der Waals surface area contributed by atoms with Crippen molar-refractivity contribution in [2.75, 3.05) is 38.1 Å². The number of rotatable bonds is 2. The van der Waals surface area contributed by atoms with Gasteiger partial charge in [-0.25, -0.2) is 0 Å². The van der Waals surface area contributed by atoms with Crippen LogP contribution in [0.3, 0.4) is 0 Å². The molecule has 0 N–H and O–H groups in total. The van der Waals surface area contributed by atoms with Gasteiger partial charge in [0.1, 0.15) is 0 Å². The summed E-state index contributed by atoms with van der Waals surface area (Å²) < 4.78 is 0. The smallest absolute Gasteiger partial charge is 0.231 e. The molecule has 2 aliphatic rings. The predicted octanol–water partition coefficient (Wildman–Crippen LogP) is 0.829. The minimum absolute atomic E-state index is 0.0664. The summed E-state index contributed by atoms with van der Waals surface area (Å²) in [6, 6.07) is 5.81. The molecule has 0 spiro atoms. The number of anilines is 1. The Morgan fingerprint density at radius 1 is 1.08 bits per heavy atom. The number of amides is 3. The van der Waals surface area contributed by atoms with Gasteiger partial charge in [0, 0.05) is 45.8 Å². The number of carbonyl (C=O) groups is 3. The second-order valence-corrected chi connectivity index (χ2v) is 6.51. The lowest BCUT2D eigenvalue weighted by atomic mass is 10.1. The lowest BCUT2D eigenvalue weighted by molar-refractivity contribution is -0.132. The fourth-order valence-electron chi connectivity index (χ4n) is 3.40. The van der Waals surface area contributed by atoms with E-state index in [-0.39, 0.29) is 17.7 Å². The van der Waals surface area contributed by atoms with Crippen LogP contribution in [0.1, 0.15) is 24.5 Å². The van der Waals surface area contributed by atoms with Crippen molar-refractivity contribution in [3.05, 3.63) is 29.3 Å². The van der Waals surface area contributed by atoms with Crippen LogP contribution in [0.2, 0.25) is 0 Å². The third kappa shape index (κ3) is 3.27. The lowest BCUT2D eigenvalue weighted by Gasteiger charge is -2.21. The van der Waals surface area contributed by atoms with Gasteiger partial charge >= 0.3 is 0 Å². The first-order valence-electron chi connectivity index (χ1n) is 8.37. The van der Waals surface area contributed by atoms with E-state index in [0.29, 0.717) is 39.0 Å². The fourth-order valence-corrected chi connectivity index (χ4v) is 3.40. The van der Waals surface area contributed by atoms with Crippen molar-refractivity contribution in [2.24, 2.45) is 0 Å². The highest BCUT2D eigenvalue weighted by Crippen LogP contribution is 2.28. The highest BCUT2D eigenvalue weighted by atomic mass is 16.2. The van der Waals surface area contributed by atoms with Gasteiger partial charge in [-0.05, 0) is 23.6 Å². The molecule has 6 heteroatoms. The van der Waals surface area contributed by atoms with E-state index in [9.17, 15) is 14.4 Å². The maximum absolute atomic E-state index is 12.6. The number of hydrogen-bond acceptors (Lipinski definition) is 3. The summed E-state index contributed by atoms with van der Waals surface area (Å²) in [6.07, 6.45) is 1.56. The van der Waals surface area contributed by atoms with Crippen molar-refractivity contribution in [1.82, 2.24) is 9.80 Å². The summed E-state index contributed by atoms with van der Waals surface area (Å²) in [4.78, 5) is 41.1. The molecule has 2 aliphatic heterocycles. The Labute approximate surface area is 142 Å². The topological polar surface area (TPSA) is 60.9 Å². The Balaban J connectivity index is 1.64. The second kappa shape index (κ2) is 6.63. The van der Waals surface area contributed by atoms with Crippen molar-refractivity contribution in [2.45, 2.75) is 26.2 Å². The number of carbonyl (C=O) groups excluding carboxylic acids is 3. The highest BCUT2D eigenvalue weighted by molar-refractivity contribution is 6.01. The zero-order valence-electron chi connectivity index (χ0n) is 14.2. The molecule has 1 saturated heterocycles. The molecule has 0 aliphatic carbocycles. The molecule has 24 heavy (non-hydrogen) atoms. The number of hydrogen-bond donors (Lipinski definition) is 0. The van der Waals surface area contributed by atoms with Gasteiger partial charge in [-0.15, -0.1) is 0 Å². The molecule has 0 atom stereocenters. The summed E-state index contributed by atoms with van der Waals surface area (Å²) in [6.45, 7) is 4.16. The van der Waals surface area contributed by atoms with E-state index in [4.69, 9.17) is 0 Å². The minimum Gasteiger partial charge on any atom is -0.341 e. The summed E-state index contributed by atoms with van der Waals surface area (Å²) in [5, 5.41) is 0. The SMILES string of the molecule is CC(=O)N1CCCN(C(=O)Cc2ccc3c(c2)CC(=O)N3C)CC1. The van der Waals surface area contributed by atoms with Gasteiger partial charge in [-0.2, -0.15) is 0 Å². The molecular formula is C18H23N3O3. The van der Waals surface area contributed by atoms with Crippen molar-refractivity contribution in [1.29, 1.82) is 0 Å². The van der Waals surface area contributed by atoms with Gasteiger partial charge in [0.15, 0.2) is 0 Å². The summed E-state index contributed by atoms with van der Waals surface area (Å²) >= 11 is 0. The van der Waals surface area contributed by atoms with Crippen LogP contribution in [0.5, 0.6) is 0 Å². The van der Waals surface area contributed by atoms with Crippen LogP contribution in [-0.4, -0.2) is 60.7 Å². The Hall–Kier alpha value is -2.37. The van der Waals surface area contributed by atoms with Crippen molar-refractivity contribution in [3.63, 3.8) is 0 Å². The third-order valence-electron chi connectivity index (χ3n) is 4.87. The Bertz CT molecular complexity index is 686. The van der Waals surface area contributed by atoms with Crippen LogP contribution in [0.15, 0.2) is 18.2 Å². The number of likely N-dealkylation sites (N-methyl/N-ethyl adjacent to an activating group) is 1. The third-order valence-corrected chi connectivity index (χ3v) is 4.87. The van der Waals surface area contributed by atoms with Crippen molar-refractivity contribution < 1.29 is 14.4 Å². The quantitative estimate of drug-likeness (QED) is 0.807. The molecule has 3 rings (SSSR count).